The SMILES string of the molecule is CC(=O)OCc1cnc2[nH]c(=O)[nH]c(=O)c2c1CNc1c(C)cc(C)cc1C. The second-order valence-corrected chi connectivity index (χ2v) is 6.80. The van der Waals surface area contributed by atoms with Gasteiger partial charge in [0, 0.05) is 30.9 Å². The number of carbonyl (C=O) groups excluding carboxylic acids is 1. The number of nitrogens with zero attached hydrogens (tertiary/aromatic N) is 1. The molecule has 0 aliphatic rings. The highest BCUT2D eigenvalue weighted by Crippen LogP contribution is 2.24. The fourth-order valence-electron chi connectivity index (χ4n) is 3.37. The number of pyridine rings is 1. The van der Waals surface area contributed by atoms with Crippen molar-refractivity contribution in [1.29, 1.82) is 0 Å². The Balaban J connectivity index is 2.09. The maximum absolute atomic E-state index is 12.4. The molecule has 3 rings (SSSR count). The molecule has 3 N–H and O–H groups in total. The summed E-state index contributed by atoms with van der Waals surface area (Å²) in [6.45, 7) is 7.66. The Kier molecular flexibility index (Phi) is 5.30. The summed E-state index contributed by atoms with van der Waals surface area (Å²) in [5, 5.41) is 3.64. The zero-order valence-corrected chi connectivity index (χ0v) is 16.2. The number of ether oxygens (including phenoxy) is 1. The van der Waals surface area contributed by atoms with Crippen LogP contribution in [0.25, 0.3) is 11.0 Å². The van der Waals surface area contributed by atoms with E-state index in [4.69, 9.17) is 4.74 Å². The van der Waals surface area contributed by atoms with E-state index in [0.29, 0.717) is 17.7 Å². The summed E-state index contributed by atoms with van der Waals surface area (Å²) in [7, 11) is 0. The first-order valence-corrected chi connectivity index (χ1v) is 8.84. The molecular weight excluding hydrogens is 360 g/mol. The number of hydrogen-bond donors (Lipinski definition) is 3. The molecule has 8 heteroatoms. The second-order valence-electron chi connectivity index (χ2n) is 6.80. The van der Waals surface area contributed by atoms with Gasteiger partial charge in [0.05, 0.1) is 5.39 Å². The van der Waals surface area contributed by atoms with E-state index in [1.54, 1.807) is 0 Å². The molecular formula is C20H22N4O4. The number of aromatic nitrogens is 3. The molecule has 0 saturated carbocycles. The summed E-state index contributed by atoms with van der Waals surface area (Å²) in [6.07, 6.45) is 1.51. The van der Waals surface area contributed by atoms with Gasteiger partial charge in [-0.05, 0) is 37.5 Å². The van der Waals surface area contributed by atoms with Gasteiger partial charge < -0.3 is 10.1 Å². The van der Waals surface area contributed by atoms with Gasteiger partial charge in [0.2, 0.25) is 0 Å². The Hall–Kier alpha value is -3.42. The van der Waals surface area contributed by atoms with Gasteiger partial charge in [-0.3, -0.25) is 19.6 Å². The molecule has 1 aromatic carbocycles. The number of rotatable bonds is 5. The van der Waals surface area contributed by atoms with Crippen LogP contribution in [0.2, 0.25) is 0 Å². The standard InChI is InChI=1S/C20H22N4O4/c1-10-5-11(2)17(12(3)6-10)21-8-15-14(9-28-13(4)25)7-22-18-16(15)19(26)24-20(27)23-18/h5-7,21H,8-9H2,1-4H3,(H2,22,23,24,26,27). The van der Waals surface area contributed by atoms with Crippen LogP contribution in [0.3, 0.4) is 0 Å². The fraction of sp³-hybridized carbons (Fsp3) is 0.300. The van der Waals surface area contributed by atoms with Gasteiger partial charge in [0.15, 0.2) is 0 Å². The number of fused-ring (bicyclic) bond motifs is 1. The van der Waals surface area contributed by atoms with Crippen molar-refractivity contribution in [2.45, 2.75) is 40.8 Å². The van der Waals surface area contributed by atoms with Crippen LogP contribution in [0.4, 0.5) is 5.69 Å². The Labute approximate surface area is 161 Å². The molecule has 0 unspecified atom stereocenters. The lowest BCUT2D eigenvalue weighted by atomic mass is 10.0. The van der Waals surface area contributed by atoms with Crippen molar-refractivity contribution in [3.05, 3.63) is 67.0 Å². The molecule has 0 aliphatic carbocycles. The summed E-state index contributed by atoms with van der Waals surface area (Å²) in [6, 6.07) is 4.15. The van der Waals surface area contributed by atoms with Gasteiger partial charge in [-0.15, -0.1) is 0 Å². The van der Waals surface area contributed by atoms with Crippen LogP contribution in [0, 0.1) is 20.8 Å². The minimum Gasteiger partial charge on any atom is -0.461 e. The van der Waals surface area contributed by atoms with Gasteiger partial charge in [-0.1, -0.05) is 17.7 Å². The predicted octanol–water partition coefficient (Wildman–Crippen LogP) is 2.21. The average molecular weight is 382 g/mol. The highest BCUT2D eigenvalue weighted by atomic mass is 16.5. The van der Waals surface area contributed by atoms with Crippen molar-refractivity contribution >= 4 is 22.7 Å². The summed E-state index contributed by atoms with van der Waals surface area (Å²) < 4.78 is 5.11. The highest BCUT2D eigenvalue weighted by molar-refractivity contribution is 5.79. The van der Waals surface area contributed by atoms with E-state index in [1.165, 1.54) is 18.7 Å². The van der Waals surface area contributed by atoms with Crippen LogP contribution in [-0.4, -0.2) is 20.9 Å². The van der Waals surface area contributed by atoms with Crippen LogP contribution >= 0.6 is 0 Å². The quantitative estimate of drug-likeness (QED) is 0.583. The Morgan fingerprint density at radius 3 is 2.46 bits per heavy atom. The van der Waals surface area contributed by atoms with Crippen LogP contribution in [0.5, 0.6) is 0 Å². The van der Waals surface area contributed by atoms with Crippen LogP contribution < -0.4 is 16.6 Å². The van der Waals surface area contributed by atoms with Gasteiger partial charge in [0.1, 0.15) is 12.3 Å². The summed E-state index contributed by atoms with van der Waals surface area (Å²) in [5.41, 5.74) is 4.54. The molecule has 28 heavy (non-hydrogen) atoms. The summed E-state index contributed by atoms with van der Waals surface area (Å²) in [5.74, 6) is -0.431. The lowest BCUT2D eigenvalue weighted by Crippen LogP contribution is -2.24. The summed E-state index contributed by atoms with van der Waals surface area (Å²) >= 11 is 0. The first-order valence-electron chi connectivity index (χ1n) is 8.84. The second kappa shape index (κ2) is 7.67. The van der Waals surface area contributed by atoms with Crippen molar-refractivity contribution in [3.63, 3.8) is 0 Å². The number of nitrogens with one attached hydrogen (secondary N) is 3. The molecule has 3 aromatic rings. The van der Waals surface area contributed by atoms with Gasteiger partial charge in [-0.2, -0.15) is 0 Å². The molecule has 0 aliphatic heterocycles. The van der Waals surface area contributed by atoms with E-state index in [9.17, 15) is 14.4 Å². The van der Waals surface area contributed by atoms with E-state index in [0.717, 1.165) is 16.8 Å². The molecule has 0 bridgehead atoms. The van der Waals surface area contributed by atoms with Gasteiger partial charge in [0.25, 0.3) is 5.56 Å². The van der Waals surface area contributed by atoms with Crippen molar-refractivity contribution in [2.24, 2.45) is 0 Å². The van der Waals surface area contributed by atoms with Crippen molar-refractivity contribution in [2.75, 3.05) is 5.32 Å². The molecule has 0 saturated heterocycles. The summed E-state index contributed by atoms with van der Waals surface area (Å²) in [4.78, 5) is 44.2. The zero-order valence-electron chi connectivity index (χ0n) is 16.2. The molecule has 0 atom stereocenters. The number of esters is 1. The normalized spacial score (nSPS) is 10.9. The highest BCUT2D eigenvalue weighted by Gasteiger charge is 2.15. The molecule has 0 radical (unpaired) electrons. The fourth-order valence-corrected chi connectivity index (χ4v) is 3.37. The third-order valence-corrected chi connectivity index (χ3v) is 4.51. The number of H-pyrrole nitrogens is 2. The number of aromatic amines is 2. The first kappa shape index (κ1) is 19.3. The number of carbonyl (C=O) groups is 1. The van der Waals surface area contributed by atoms with E-state index in [2.05, 4.69) is 32.4 Å². The number of benzene rings is 1. The van der Waals surface area contributed by atoms with E-state index in [1.807, 2.05) is 20.8 Å². The molecule has 0 amide bonds. The van der Waals surface area contributed by atoms with E-state index >= 15 is 0 Å². The van der Waals surface area contributed by atoms with Gasteiger partial charge >= 0.3 is 11.7 Å². The van der Waals surface area contributed by atoms with Crippen LogP contribution in [-0.2, 0) is 22.7 Å². The number of aryl methyl sites for hydroxylation is 3. The first-order chi connectivity index (χ1) is 13.3. The maximum atomic E-state index is 12.4. The Morgan fingerprint density at radius 2 is 1.82 bits per heavy atom. The molecule has 8 nitrogen and oxygen atoms in total. The molecule has 2 heterocycles. The zero-order chi connectivity index (χ0) is 20.4. The van der Waals surface area contributed by atoms with Crippen molar-refractivity contribution in [1.82, 2.24) is 15.0 Å². The smallest absolute Gasteiger partial charge is 0.327 e. The van der Waals surface area contributed by atoms with E-state index < -0.39 is 17.2 Å². The van der Waals surface area contributed by atoms with E-state index in [-0.39, 0.29) is 17.6 Å². The Morgan fingerprint density at radius 1 is 1.14 bits per heavy atom. The third kappa shape index (κ3) is 3.95. The van der Waals surface area contributed by atoms with Crippen molar-refractivity contribution in [3.8, 4) is 0 Å². The van der Waals surface area contributed by atoms with Crippen molar-refractivity contribution < 1.29 is 9.53 Å². The maximum Gasteiger partial charge on any atom is 0.327 e. The largest absolute Gasteiger partial charge is 0.461 e. The van der Waals surface area contributed by atoms with Crippen LogP contribution in [0.15, 0.2) is 27.9 Å². The molecule has 2 aromatic heterocycles. The predicted molar refractivity (Wildman–Crippen MR) is 106 cm³/mol. The minimum absolute atomic E-state index is 0.0142. The number of hydrogen-bond acceptors (Lipinski definition) is 6. The molecule has 0 fully saturated rings. The third-order valence-electron chi connectivity index (χ3n) is 4.51. The lowest BCUT2D eigenvalue weighted by Gasteiger charge is -2.17. The lowest BCUT2D eigenvalue weighted by molar-refractivity contribution is -0.142. The minimum atomic E-state index is -0.623. The molecule has 0 spiro atoms. The van der Waals surface area contributed by atoms with Crippen LogP contribution in [0.1, 0.15) is 34.7 Å². The van der Waals surface area contributed by atoms with Gasteiger partial charge in [-0.25, -0.2) is 9.78 Å². The Bertz CT molecular complexity index is 1150. The monoisotopic (exact) mass is 382 g/mol. The molecule has 146 valence electrons. The number of anilines is 1. The average Bonchev–Trinajstić information content (AvgIpc) is 2.59. The topological polar surface area (TPSA) is 117 Å².